The number of aliphatic imine (C=N–C) groups is 1. The van der Waals surface area contributed by atoms with Crippen molar-refractivity contribution in [1.82, 2.24) is 4.90 Å². The molecule has 0 N–H and O–H groups in total. The third-order valence-corrected chi connectivity index (χ3v) is 5.75. The zero-order chi connectivity index (χ0) is 16.9. The van der Waals surface area contributed by atoms with Gasteiger partial charge in [-0.05, 0) is 17.4 Å². The second kappa shape index (κ2) is 5.59. The molecule has 4 rings (SSSR count). The number of hydrogen-bond donors (Lipinski definition) is 0. The SMILES string of the molecule is CC1(C)CC(=O)C2=C(C1)N=C1SCCC(=O)N1[C@H]2c1ccccc1. The molecule has 0 radical (unpaired) electrons. The van der Waals surface area contributed by atoms with Crippen LogP contribution in [0.4, 0.5) is 0 Å². The second-order valence-corrected chi connectivity index (χ2v) is 8.43. The van der Waals surface area contributed by atoms with Crippen LogP contribution >= 0.6 is 11.8 Å². The van der Waals surface area contributed by atoms with E-state index in [4.69, 9.17) is 4.99 Å². The molecule has 2 aliphatic heterocycles. The maximum Gasteiger partial charge on any atom is 0.230 e. The summed E-state index contributed by atoms with van der Waals surface area (Å²) in [6.07, 6.45) is 1.79. The predicted molar refractivity (Wildman–Crippen MR) is 95.6 cm³/mol. The molecule has 1 atom stereocenters. The van der Waals surface area contributed by atoms with Crippen LogP contribution < -0.4 is 0 Å². The van der Waals surface area contributed by atoms with Gasteiger partial charge >= 0.3 is 0 Å². The minimum Gasteiger partial charge on any atom is -0.294 e. The van der Waals surface area contributed by atoms with E-state index in [2.05, 4.69) is 13.8 Å². The van der Waals surface area contributed by atoms with Gasteiger partial charge in [-0.2, -0.15) is 0 Å². The van der Waals surface area contributed by atoms with Gasteiger partial charge in [0, 0.05) is 24.2 Å². The molecule has 24 heavy (non-hydrogen) atoms. The number of hydrogen-bond acceptors (Lipinski definition) is 4. The Morgan fingerprint density at radius 3 is 2.67 bits per heavy atom. The van der Waals surface area contributed by atoms with Crippen LogP contribution in [0.3, 0.4) is 0 Å². The van der Waals surface area contributed by atoms with E-state index < -0.39 is 0 Å². The van der Waals surface area contributed by atoms with E-state index in [1.165, 1.54) is 0 Å². The minimum atomic E-state index is -0.322. The Bertz CT molecular complexity index is 780. The zero-order valence-corrected chi connectivity index (χ0v) is 14.7. The highest BCUT2D eigenvalue weighted by atomic mass is 32.2. The Labute approximate surface area is 146 Å². The van der Waals surface area contributed by atoms with Crippen LogP contribution in [0, 0.1) is 5.41 Å². The quantitative estimate of drug-likeness (QED) is 0.783. The van der Waals surface area contributed by atoms with Crippen molar-refractivity contribution < 1.29 is 9.59 Å². The third kappa shape index (κ3) is 2.51. The first-order valence-corrected chi connectivity index (χ1v) is 9.30. The Balaban J connectivity index is 1.90. The van der Waals surface area contributed by atoms with Crippen molar-refractivity contribution in [3.05, 3.63) is 47.2 Å². The average molecular weight is 340 g/mol. The molecule has 5 heteroatoms. The number of rotatable bonds is 1. The number of ketones is 1. The van der Waals surface area contributed by atoms with Gasteiger partial charge in [-0.3, -0.25) is 14.5 Å². The van der Waals surface area contributed by atoms with Gasteiger partial charge in [-0.25, -0.2) is 4.99 Å². The molecule has 1 aromatic carbocycles. The monoisotopic (exact) mass is 340 g/mol. The smallest absolute Gasteiger partial charge is 0.230 e. The van der Waals surface area contributed by atoms with Crippen molar-refractivity contribution in [2.24, 2.45) is 10.4 Å². The van der Waals surface area contributed by atoms with Crippen LogP contribution in [0.2, 0.25) is 0 Å². The summed E-state index contributed by atoms with van der Waals surface area (Å²) < 4.78 is 0. The highest BCUT2D eigenvalue weighted by Crippen LogP contribution is 2.47. The first-order chi connectivity index (χ1) is 11.5. The van der Waals surface area contributed by atoms with Crippen LogP contribution in [-0.2, 0) is 9.59 Å². The minimum absolute atomic E-state index is 0.0607. The van der Waals surface area contributed by atoms with E-state index >= 15 is 0 Å². The lowest BCUT2D eigenvalue weighted by atomic mass is 9.73. The van der Waals surface area contributed by atoms with Crippen LogP contribution in [-0.4, -0.2) is 27.5 Å². The van der Waals surface area contributed by atoms with Crippen molar-refractivity contribution in [1.29, 1.82) is 0 Å². The molecule has 1 aromatic rings. The van der Waals surface area contributed by atoms with Crippen LogP contribution in [0.15, 0.2) is 46.6 Å². The molecular formula is C19H20N2O2S. The fourth-order valence-electron chi connectivity index (χ4n) is 3.77. The number of Topliss-reactive ketones (excluding diaryl/α,β-unsaturated/α-hetero) is 1. The van der Waals surface area contributed by atoms with Gasteiger partial charge < -0.3 is 0 Å². The summed E-state index contributed by atoms with van der Waals surface area (Å²) in [6, 6.07) is 9.54. The third-order valence-electron chi connectivity index (χ3n) is 4.80. The number of carbonyl (C=O) groups is 2. The molecule has 0 spiro atoms. The van der Waals surface area contributed by atoms with Crippen LogP contribution in [0.5, 0.6) is 0 Å². The number of allylic oxidation sites excluding steroid dienone is 1. The number of amides is 1. The first kappa shape index (κ1) is 15.6. The largest absolute Gasteiger partial charge is 0.294 e. The normalized spacial score (nSPS) is 26.0. The molecule has 3 aliphatic rings. The van der Waals surface area contributed by atoms with E-state index in [0.717, 1.165) is 34.2 Å². The summed E-state index contributed by atoms with van der Waals surface area (Å²) in [6.45, 7) is 4.22. The van der Waals surface area contributed by atoms with E-state index in [9.17, 15) is 9.59 Å². The second-order valence-electron chi connectivity index (χ2n) is 7.37. The van der Waals surface area contributed by atoms with Gasteiger partial charge in [0.2, 0.25) is 5.91 Å². The van der Waals surface area contributed by atoms with Gasteiger partial charge in [0.25, 0.3) is 0 Å². The number of thioether (sulfide) groups is 1. The Kier molecular flexibility index (Phi) is 3.64. The van der Waals surface area contributed by atoms with Crippen molar-refractivity contribution in [2.75, 3.05) is 5.75 Å². The molecule has 0 bridgehead atoms. The highest BCUT2D eigenvalue weighted by Gasteiger charge is 2.45. The summed E-state index contributed by atoms with van der Waals surface area (Å²) in [5.41, 5.74) is 2.51. The molecule has 1 fully saturated rings. The number of fused-ring (bicyclic) bond motifs is 1. The summed E-state index contributed by atoms with van der Waals surface area (Å²) in [5.74, 6) is 0.946. The van der Waals surface area contributed by atoms with Crippen molar-refractivity contribution in [3.63, 3.8) is 0 Å². The lowest BCUT2D eigenvalue weighted by Gasteiger charge is -2.43. The molecule has 0 saturated carbocycles. The zero-order valence-electron chi connectivity index (χ0n) is 13.9. The standard InChI is InChI=1S/C19H20N2O2S/c1-19(2)10-13-16(14(22)11-19)17(12-6-4-3-5-7-12)21-15(23)8-9-24-18(21)20-13/h3-7,17H,8-11H2,1-2H3/t17-/m0/s1. The molecule has 1 amide bonds. The summed E-state index contributed by atoms with van der Waals surface area (Å²) in [4.78, 5) is 32.0. The van der Waals surface area contributed by atoms with Gasteiger partial charge in [0.15, 0.2) is 11.0 Å². The number of nitrogens with zero attached hydrogens (tertiary/aromatic N) is 2. The van der Waals surface area contributed by atoms with E-state index in [0.29, 0.717) is 12.8 Å². The fourth-order valence-corrected chi connectivity index (χ4v) is 4.75. The van der Waals surface area contributed by atoms with Crippen molar-refractivity contribution >= 4 is 28.6 Å². The topological polar surface area (TPSA) is 49.7 Å². The summed E-state index contributed by atoms with van der Waals surface area (Å²) in [7, 11) is 0. The average Bonchev–Trinajstić information content (AvgIpc) is 2.53. The van der Waals surface area contributed by atoms with Gasteiger partial charge in [-0.1, -0.05) is 55.9 Å². The Morgan fingerprint density at radius 1 is 1.17 bits per heavy atom. The van der Waals surface area contributed by atoms with Gasteiger partial charge in [0.05, 0.1) is 11.7 Å². The highest BCUT2D eigenvalue weighted by molar-refractivity contribution is 8.14. The van der Waals surface area contributed by atoms with Crippen LogP contribution in [0.1, 0.15) is 44.7 Å². The van der Waals surface area contributed by atoms with Gasteiger partial charge in [-0.15, -0.1) is 0 Å². The fraction of sp³-hybridized carbons (Fsp3) is 0.421. The Morgan fingerprint density at radius 2 is 1.92 bits per heavy atom. The molecule has 1 aliphatic carbocycles. The molecule has 124 valence electrons. The number of benzene rings is 1. The lowest BCUT2D eigenvalue weighted by Crippen LogP contribution is -2.47. The lowest BCUT2D eigenvalue weighted by molar-refractivity contribution is -0.128. The van der Waals surface area contributed by atoms with Crippen LogP contribution in [0.25, 0.3) is 0 Å². The maximum atomic E-state index is 12.9. The van der Waals surface area contributed by atoms with E-state index in [1.807, 2.05) is 30.3 Å². The molecule has 2 heterocycles. The predicted octanol–water partition coefficient (Wildman–Crippen LogP) is 3.71. The van der Waals surface area contributed by atoms with E-state index in [-0.39, 0.29) is 23.1 Å². The molecule has 1 saturated heterocycles. The molecule has 4 nitrogen and oxygen atoms in total. The van der Waals surface area contributed by atoms with Crippen molar-refractivity contribution in [2.45, 2.75) is 39.2 Å². The van der Waals surface area contributed by atoms with Crippen molar-refractivity contribution in [3.8, 4) is 0 Å². The number of amidine groups is 1. The number of carbonyl (C=O) groups excluding carboxylic acids is 2. The molecule has 0 unspecified atom stereocenters. The maximum absolute atomic E-state index is 12.9. The molecule has 0 aromatic heterocycles. The first-order valence-electron chi connectivity index (χ1n) is 8.31. The van der Waals surface area contributed by atoms with Gasteiger partial charge in [0.1, 0.15) is 0 Å². The Hall–Kier alpha value is -1.88. The summed E-state index contributed by atoms with van der Waals surface area (Å²) >= 11 is 1.62. The molecular weight excluding hydrogens is 320 g/mol. The van der Waals surface area contributed by atoms with E-state index in [1.54, 1.807) is 16.7 Å². The summed E-state index contributed by atoms with van der Waals surface area (Å²) in [5, 5.41) is 0.754.